The molecule has 2 heterocycles. The van der Waals surface area contributed by atoms with Crippen molar-refractivity contribution in [2.45, 2.75) is 13.5 Å². The smallest absolute Gasteiger partial charge is 0.270 e. The molecule has 0 aliphatic rings. The highest BCUT2D eigenvalue weighted by molar-refractivity contribution is 7.93. The number of para-hydroxylation sites is 1. The van der Waals surface area contributed by atoms with Gasteiger partial charge in [0.05, 0.1) is 10.4 Å². The second-order valence-corrected chi connectivity index (χ2v) is 9.79. The third-order valence-corrected chi connectivity index (χ3v) is 7.31. The molecule has 8 nitrogen and oxygen atoms in total. The molecule has 0 bridgehead atoms. The van der Waals surface area contributed by atoms with Gasteiger partial charge in [0.25, 0.3) is 5.69 Å². The first-order valence-corrected chi connectivity index (χ1v) is 13.1. The molecule has 0 aliphatic heterocycles. The number of ether oxygens (including phenoxy) is 1. The number of ketones is 1. The summed E-state index contributed by atoms with van der Waals surface area (Å²) < 4.78 is 19.6. The van der Waals surface area contributed by atoms with E-state index in [1.807, 2.05) is 78.9 Å². The number of aryl methyl sites for hydroxylation is 1. The van der Waals surface area contributed by atoms with Gasteiger partial charge in [0.2, 0.25) is 5.78 Å². The van der Waals surface area contributed by atoms with E-state index in [0.29, 0.717) is 40.3 Å². The molecule has 0 atom stereocenters. The van der Waals surface area contributed by atoms with Gasteiger partial charge in [-0.25, -0.2) is 3.97 Å². The Hall–Kier alpha value is -5.02. The number of rotatable bonds is 9. The minimum absolute atomic E-state index is 0.0700. The minimum atomic E-state index is -0.472. The van der Waals surface area contributed by atoms with Crippen molar-refractivity contribution < 1.29 is 23.1 Å². The molecule has 0 N–H and O–H groups in total. The summed E-state index contributed by atoms with van der Waals surface area (Å²) in [5, 5.41) is 12.6. The van der Waals surface area contributed by atoms with Gasteiger partial charge in [-0.05, 0) is 55.0 Å². The Kier molecular flexibility index (Phi) is 6.71. The Balaban J connectivity index is 1.39. The number of hydrogen-bond acceptors (Lipinski definition) is 7. The lowest BCUT2D eigenvalue weighted by molar-refractivity contribution is -0.384. The van der Waals surface area contributed by atoms with Crippen molar-refractivity contribution in [2.75, 3.05) is 0 Å². The summed E-state index contributed by atoms with van der Waals surface area (Å²) in [5.41, 5.74) is 2.98. The molecule has 0 spiro atoms. The van der Waals surface area contributed by atoms with Gasteiger partial charge in [0.1, 0.15) is 29.4 Å². The highest BCUT2D eigenvalue weighted by atomic mass is 32.2. The van der Waals surface area contributed by atoms with E-state index < -0.39 is 4.92 Å². The summed E-state index contributed by atoms with van der Waals surface area (Å²) in [7, 11) is 0. The number of carbonyl (C=O) groups excluding carboxylic acids is 1. The van der Waals surface area contributed by atoms with Crippen molar-refractivity contribution in [3.8, 4) is 11.5 Å². The fraction of sp³-hybridized carbons (Fsp3) is 0.0645. The van der Waals surface area contributed by atoms with Gasteiger partial charge in [-0.2, -0.15) is 0 Å². The maximum absolute atomic E-state index is 13.9. The van der Waals surface area contributed by atoms with Crippen LogP contribution in [0.25, 0.3) is 21.9 Å². The van der Waals surface area contributed by atoms with Crippen LogP contribution < -0.4 is 8.92 Å². The normalized spacial score (nSPS) is 11.1. The molecule has 0 aliphatic carbocycles. The summed E-state index contributed by atoms with van der Waals surface area (Å²) in [6.45, 7) is 2.13. The highest BCUT2D eigenvalue weighted by Crippen LogP contribution is 2.34. The van der Waals surface area contributed by atoms with E-state index in [-0.39, 0.29) is 17.2 Å². The largest absolute Gasteiger partial charge is 0.489 e. The quantitative estimate of drug-likeness (QED) is 0.0781. The number of furan rings is 1. The van der Waals surface area contributed by atoms with Crippen molar-refractivity contribution in [3.63, 3.8) is 0 Å². The molecule has 6 rings (SSSR count). The Morgan fingerprint density at radius 2 is 1.68 bits per heavy atom. The minimum Gasteiger partial charge on any atom is -0.489 e. The number of carbonyl (C=O) groups is 1. The van der Waals surface area contributed by atoms with Crippen molar-refractivity contribution in [1.82, 2.24) is 3.97 Å². The predicted molar refractivity (Wildman–Crippen MR) is 154 cm³/mol. The van der Waals surface area contributed by atoms with Crippen LogP contribution in [0.15, 0.2) is 108 Å². The lowest BCUT2D eigenvalue weighted by Gasteiger charge is -2.10. The monoisotopic (exact) mass is 550 g/mol. The Labute approximate surface area is 233 Å². The van der Waals surface area contributed by atoms with Crippen LogP contribution in [0.5, 0.6) is 11.5 Å². The molecular formula is C31H22N2O6S. The molecule has 0 unspecified atom stereocenters. The second-order valence-electron chi connectivity index (χ2n) is 9.11. The molecule has 0 saturated heterocycles. The lowest BCUT2D eigenvalue weighted by Crippen LogP contribution is -2.07. The third kappa shape index (κ3) is 4.90. The Morgan fingerprint density at radius 1 is 0.925 bits per heavy atom. The van der Waals surface area contributed by atoms with Gasteiger partial charge in [-0.15, -0.1) is 0 Å². The summed E-state index contributed by atoms with van der Waals surface area (Å²) in [6.07, 6.45) is 0. The number of non-ortho nitro benzene ring substituents is 1. The number of nitro benzene ring substituents is 1. The van der Waals surface area contributed by atoms with Crippen molar-refractivity contribution >= 4 is 45.6 Å². The molecule has 198 valence electrons. The zero-order valence-corrected chi connectivity index (χ0v) is 22.1. The van der Waals surface area contributed by atoms with E-state index in [1.165, 1.54) is 18.2 Å². The van der Waals surface area contributed by atoms with Gasteiger partial charge < -0.3 is 13.3 Å². The van der Waals surface area contributed by atoms with Crippen LogP contribution in [0.2, 0.25) is 0 Å². The van der Waals surface area contributed by atoms with Crippen LogP contribution in [-0.2, 0) is 6.61 Å². The number of hydrogen-bond donors (Lipinski definition) is 0. The van der Waals surface area contributed by atoms with E-state index in [9.17, 15) is 14.9 Å². The molecule has 40 heavy (non-hydrogen) atoms. The molecule has 4 aromatic carbocycles. The lowest BCUT2D eigenvalue weighted by atomic mass is 10.1. The Morgan fingerprint density at radius 3 is 2.42 bits per heavy atom. The number of aromatic nitrogens is 1. The number of nitro groups is 1. The maximum atomic E-state index is 13.9. The van der Waals surface area contributed by atoms with Gasteiger partial charge in [0, 0.05) is 28.5 Å². The second kappa shape index (κ2) is 10.6. The van der Waals surface area contributed by atoms with Gasteiger partial charge in [0.15, 0.2) is 18.0 Å². The van der Waals surface area contributed by atoms with Crippen LogP contribution in [0, 0.1) is 17.0 Å². The van der Waals surface area contributed by atoms with Crippen LogP contribution in [0.1, 0.15) is 27.4 Å². The van der Waals surface area contributed by atoms with Crippen LogP contribution in [0.3, 0.4) is 0 Å². The van der Waals surface area contributed by atoms with Crippen LogP contribution in [0.4, 0.5) is 5.69 Å². The average molecular weight is 551 g/mol. The molecule has 0 saturated carbocycles. The number of nitrogens with zero attached hydrogens (tertiary/aromatic N) is 2. The third-order valence-electron chi connectivity index (χ3n) is 6.50. The predicted octanol–water partition coefficient (Wildman–Crippen LogP) is 7.90. The number of benzene rings is 4. The SMILES string of the molecule is Cc1c(C(=O)c2cc3cc(OCc4ccccc4)ccc3n2SOc2ccccc2)oc2ccc([N+](=O)[O-])cc12. The molecular weight excluding hydrogens is 528 g/mol. The Bertz CT molecular complexity index is 1860. The average Bonchev–Trinajstić information content (AvgIpc) is 3.52. The molecule has 0 radical (unpaired) electrons. The van der Waals surface area contributed by atoms with Crippen LogP contribution >= 0.6 is 12.2 Å². The standard InChI is InChI=1S/C31H22N2O6S/c1-20-26-18-23(33(35)36)12-15-29(26)38-31(20)30(34)28-17-22-16-25(37-19-21-8-4-2-5-9-21)13-14-27(22)32(28)40-39-24-10-6-3-7-11-24/h2-18H,19H2,1H3. The maximum Gasteiger partial charge on any atom is 0.270 e. The van der Waals surface area contributed by atoms with Crippen LogP contribution in [-0.4, -0.2) is 14.7 Å². The van der Waals surface area contributed by atoms with E-state index in [4.69, 9.17) is 13.3 Å². The van der Waals surface area contributed by atoms with Gasteiger partial charge in [-0.3, -0.25) is 14.9 Å². The topological polar surface area (TPSA) is 96.7 Å². The summed E-state index contributed by atoms with van der Waals surface area (Å²) >= 11 is 1.02. The van der Waals surface area contributed by atoms with E-state index >= 15 is 0 Å². The summed E-state index contributed by atoms with van der Waals surface area (Å²) in [5.74, 6) is 1.03. The van der Waals surface area contributed by atoms with Crippen molar-refractivity contribution in [2.24, 2.45) is 0 Å². The molecule has 2 aromatic heterocycles. The molecule has 0 fully saturated rings. The van der Waals surface area contributed by atoms with Crippen molar-refractivity contribution in [1.29, 1.82) is 0 Å². The first-order valence-electron chi connectivity index (χ1n) is 12.4. The fourth-order valence-electron chi connectivity index (χ4n) is 4.45. The van der Waals surface area contributed by atoms with Gasteiger partial charge >= 0.3 is 0 Å². The number of fused-ring (bicyclic) bond motifs is 2. The molecule has 9 heteroatoms. The summed E-state index contributed by atoms with van der Waals surface area (Å²) in [4.78, 5) is 24.7. The summed E-state index contributed by atoms with van der Waals surface area (Å²) in [6, 6.07) is 30.8. The zero-order chi connectivity index (χ0) is 27.6. The van der Waals surface area contributed by atoms with E-state index in [1.54, 1.807) is 17.0 Å². The molecule has 6 aromatic rings. The van der Waals surface area contributed by atoms with E-state index in [2.05, 4.69) is 0 Å². The molecule has 0 amide bonds. The van der Waals surface area contributed by atoms with Crippen molar-refractivity contribution in [3.05, 3.63) is 136 Å². The van der Waals surface area contributed by atoms with Gasteiger partial charge in [-0.1, -0.05) is 48.5 Å². The first kappa shape index (κ1) is 25.3. The fourth-order valence-corrected chi connectivity index (χ4v) is 5.18. The first-order chi connectivity index (χ1) is 19.5. The zero-order valence-electron chi connectivity index (χ0n) is 21.3. The highest BCUT2D eigenvalue weighted by Gasteiger charge is 2.26. The van der Waals surface area contributed by atoms with E-state index in [0.717, 1.165) is 28.7 Å².